The first-order valence-corrected chi connectivity index (χ1v) is 9.42. The molecule has 28 heavy (non-hydrogen) atoms. The number of benzene rings is 3. The van der Waals surface area contributed by atoms with Gasteiger partial charge < -0.3 is 10.6 Å². The van der Waals surface area contributed by atoms with Crippen LogP contribution in [0, 0.1) is 0 Å². The molecule has 142 valence electrons. The predicted octanol–water partition coefficient (Wildman–Crippen LogP) is 4.00. The van der Waals surface area contributed by atoms with Crippen molar-refractivity contribution in [3.8, 4) is 0 Å². The highest BCUT2D eigenvalue weighted by Crippen LogP contribution is 2.14. The molecule has 0 spiro atoms. The fraction of sp³-hybridized carbons (Fsp3) is 0.130. The number of hydrogen-bond donors (Lipinski definition) is 2. The molecule has 0 fully saturated rings. The molecule has 5 heteroatoms. The topological polar surface area (TPSA) is 58.2 Å². The molecule has 0 aliphatic rings. The number of rotatable bonds is 7. The highest BCUT2D eigenvalue weighted by atomic mass is 35.5. The molecule has 2 N–H and O–H groups in total. The smallest absolute Gasteiger partial charge is 0.251 e. The van der Waals surface area contributed by atoms with Crippen molar-refractivity contribution in [3.05, 3.63) is 107 Å². The van der Waals surface area contributed by atoms with Gasteiger partial charge in [-0.2, -0.15) is 0 Å². The average Bonchev–Trinajstić information content (AvgIpc) is 2.74. The summed E-state index contributed by atoms with van der Waals surface area (Å²) in [7, 11) is 0. The first kappa shape index (κ1) is 19.6. The Balaban J connectivity index is 1.72. The molecule has 3 aromatic rings. The van der Waals surface area contributed by atoms with Crippen LogP contribution in [0.15, 0.2) is 84.9 Å². The number of amides is 2. The van der Waals surface area contributed by atoms with Crippen molar-refractivity contribution >= 4 is 23.4 Å². The molecule has 0 aliphatic carbocycles. The third-order valence-corrected chi connectivity index (χ3v) is 4.72. The Morgan fingerprint density at radius 3 is 2.11 bits per heavy atom. The van der Waals surface area contributed by atoms with Crippen LogP contribution in [0.2, 0.25) is 5.02 Å². The first-order chi connectivity index (χ1) is 13.6. The second kappa shape index (κ2) is 9.72. The summed E-state index contributed by atoms with van der Waals surface area (Å²) in [6.07, 6.45) is 0.397. The fourth-order valence-electron chi connectivity index (χ4n) is 2.84. The first-order valence-electron chi connectivity index (χ1n) is 9.04. The zero-order chi connectivity index (χ0) is 19.8. The zero-order valence-corrected chi connectivity index (χ0v) is 16.0. The molecule has 0 aliphatic heterocycles. The summed E-state index contributed by atoms with van der Waals surface area (Å²) in [6.45, 7) is 0.297. The van der Waals surface area contributed by atoms with Crippen LogP contribution in [0.4, 0.5) is 0 Å². The molecule has 3 aromatic carbocycles. The van der Waals surface area contributed by atoms with E-state index in [2.05, 4.69) is 10.6 Å². The van der Waals surface area contributed by atoms with E-state index in [0.717, 1.165) is 11.1 Å². The SMILES string of the molecule is O=C(NC(Cc1ccccc1)C(=O)NCc1ccccc1Cl)c1ccccc1. The van der Waals surface area contributed by atoms with E-state index in [4.69, 9.17) is 11.6 Å². The maximum Gasteiger partial charge on any atom is 0.251 e. The van der Waals surface area contributed by atoms with Gasteiger partial charge in [0.15, 0.2) is 0 Å². The Hall–Kier alpha value is -3.11. The molecule has 0 radical (unpaired) electrons. The van der Waals surface area contributed by atoms with Crippen LogP contribution in [0.5, 0.6) is 0 Å². The van der Waals surface area contributed by atoms with Gasteiger partial charge in [0.05, 0.1) is 0 Å². The fourth-order valence-corrected chi connectivity index (χ4v) is 3.04. The lowest BCUT2D eigenvalue weighted by Crippen LogP contribution is -2.47. The Labute approximate surface area is 169 Å². The van der Waals surface area contributed by atoms with Gasteiger partial charge in [0, 0.05) is 23.6 Å². The summed E-state index contributed by atoms with van der Waals surface area (Å²) in [4.78, 5) is 25.4. The standard InChI is InChI=1S/C23H21ClN2O2/c24-20-14-8-7-13-19(20)16-25-23(28)21(15-17-9-3-1-4-10-17)26-22(27)18-11-5-2-6-12-18/h1-14,21H,15-16H2,(H,25,28)(H,26,27). The van der Waals surface area contributed by atoms with Crippen molar-refractivity contribution in [2.75, 3.05) is 0 Å². The minimum Gasteiger partial charge on any atom is -0.350 e. The minimum atomic E-state index is -0.697. The van der Waals surface area contributed by atoms with Gasteiger partial charge in [0.2, 0.25) is 5.91 Å². The Kier molecular flexibility index (Phi) is 6.82. The molecule has 0 aromatic heterocycles. The second-order valence-corrected chi connectivity index (χ2v) is 6.80. The van der Waals surface area contributed by atoms with E-state index < -0.39 is 6.04 Å². The molecule has 2 amide bonds. The lowest BCUT2D eigenvalue weighted by atomic mass is 10.0. The van der Waals surface area contributed by atoms with Gasteiger partial charge in [-0.25, -0.2) is 0 Å². The lowest BCUT2D eigenvalue weighted by molar-refractivity contribution is -0.123. The van der Waals surface area contributed by atoms with Gasteiger partial charge in [-0.3, -0.25) is 9.59 Å². The van der Waals surface area contributed by atoms with Crippen molar-refractivity contribution < 1.29 is 9.59 Å². The van der Waals surface area contributed by atoms with Gasteiger partial charge in [-0.1, -0.05) is 78.3 Å². The van der Waals surface area contributed by atoms with Crippen LogP contribution in [-0.4, -0.2) is 17.9 Å². The summed E-state index contributed by atoms with van der Waals surface area (Å²) in [5.74, 6) is -0.539. The quantitative estimate of drug-likeness (QED) is 0.638. The largest absolute Gasteiger partial charge is 0.350 e. The van der Waals surface area contributed by atoms with E-state index in [1.165, 1.54) is 0 Å². The summed E-state index contributed by atoms with van der Waals surface area (Å²) in [5, 5.41) is 6.32. The highest BCUT2D eigenvalue weighted by molar-refractivity contribution is 6.31. The molecule has 0 bridgehead atoms. The second-order valence-electron chi connectivity index (χ2n) is 6.39. The molecule has 0 saturated heterocycles. The molecular weight excluding hydrogens is 372 g/mol. The molecule has 3 rings (SSSR count). The van der Waals surface area contributed by atoms with Crippen LogP contribution < -0.4 is 10.6 Å². The Morgan fingerprint density at radius 2 is 1.43 bits per heavy atom. The maximum atomic E-state index is 12.8. The molecule has 1 unspecified atom stereocenters. The number of carbonyl (C=O) groups is 2. The van der Waals surface area contributed by atoms with Crippen molar-refractivity contribution in [1.82, 2.24) is 10.6 Å². The third kappa shape index (κ3) is 5.44. The van der Waals surface area contributed by atoms with Crippen molar-refractivity contribution in [3.63, 3.8) is 0 Å². The molecule has 0 heterocycles. The Morgan fingerprint density at radius 1 is 0.821 bits per heavy atom. The van der Waals surface area contributed by atoms with Gasteiger partial charge in [-0.05, 0) is 29.3 Å². The predicted molar refractivity (Wildman–Crippen MR) is 111 cm³/mol. The number of hydrogen-bond acceptors (Lipinski definition) is 2. The third-order valence-electron chi connectivity index (χ3n) is 4.35. The van der Waals surface area contributed by atoms with Gasteiger partial charge in [0.1, 0.15) is 6.04 Å². The number of nitrogens with one attached hydrogen (secondary N) is 2. The molecular formula is C23H21ClN2O2. The van der Waals surface area contributed by atoms with Gasteiger partial charge in [0.25, 0.3) is 5.91 Å². The van der Waals surface area contributed by atoms with Gasteiger partial charge in [-0.15, -0.1) is 0 Å². The summed E-state index contributed by atoms with van der Waals surface area (Å²) in [5.41, 5.74) is 2.30. The molecule has 0 saturated carbocycles. The van der Waals surface area contributed by atoms with Gasteiger partial charge >= 0.3 is 0 Å². The van der Waals surface area contributed by atoms with Crippen LogP contribution in [0.3, 0.4) is 0 Å². The average molecular weight is 393 g/mol. The van der Waals surface area contributed by atoms with E-state index in [9.17, 15) is 9.59 Å². The van der Waals surface area contributed by atoms with E-state index in [1.54, 1.807) is 30.3 Å². The van der Waals surface area contributed by atoms with Crippen LogP contribution in [0.1, 0.15) is 21.5 Å². The van der Waals surface area contributed by atoms with E-state index in [1.807, 2.05) is 54.6 Å². The highest BCUT2D eigenvalue weighted by Gasteiger charge is 2.22. The van der Waals surface area contributed by atoms with Crippen LogP contribution in [0.25, 0.3) is 0 Å². The van der Waals surface area contributed by atoms with Crippen LogP contribution >= 0.6 is 11.6 Å². The number of halogens is 1. The lowest BCUT2D eigenvalue weighted by Gasteiger charge is -2.19. The molecule has 4 nitrogen and oxygen atoms in total. The normalized spacial score (nSPS) is 11.5. The maximum absolute atomic E-state index is 12.8. The van der Waals surface area contributed by atoms with Crippen molar-refractivity contribution in [2.24, 2.45) is 0 Å². The van der Waals surface area contributed by atoms with E-state index >= 15 is 0 Å². The zero-order valence-electron chi connectivity index (χ0n) is 15.3. The van der Waals surface area contributed by atoms with Crippen molar-refractivity contribution in [1.29, 1.82) is 0 Å². The Bertz CT molecular complexity index is 930. The monoisotopic (exact) mass is 392 g/mol. The molecule has 1 atom stereocenters. The summed E-state index contributed by atoms with van der Waals surface area (Å²) < 4.78 is 0. The van der Waals surface area contributed by atoms with E-state index in [-0.39, 0.29) is 11.8 Å². The summed E-state index contributed by atoms with van der Waals surface area (Å²) in [6, 6.07) is 25.1. The summed E-state index contributed by atoms with van der Waals surface area (Å²) >= 11 is 6.16. The van der Waals surface area contributed by atoms with E-state index in [0.29, 0.717) is 23.6 Å². The minimum absolute atomic E-state index is 0.256. The van der Waals surface area contributed by atoms with Crippen LogP contribution in [-0.2, 0) is 17.8 Å². The number of carbonyl (C=O) groups excluding carboxylic acids is 2. The van der Waals surface area contributed by atoms with Crippen molar-refractivity contribution in [2.45, 2.75) is 19.0 Å².